The zero-order valence-corrected chi connectivity index (χ0v) is 15.3. The van der Waals surface area contributed by atoms with Crippen molar-refractivity contribution >= 4 is 17.6 Å². The van der Waals surface area contributed by atoms with E-state index in [0.717, 1.165) is 23.2 Å². The molecule has 4 rings (SSSR count). The van der Waals surface area contributed by atoms with Gasteiger partial charge in [-0.3, -0.25) is 4.79 Å². The summed E-state index contributed by atoms with van der Waals surface area (Å²) in [6.07, 6.45) is 2.83. The third-order valence-corrected chi connectivity index (χ3v) is 5.06. The predicted octanol–water partition coefficient (Wildman–Crippen LogP) is 3.56. The quantitative estimate of drug-likeness (QED) is 0.657. The number of amides is 1. The van der Waals surface area contributed by atoms with E-state index in [1.807, 2.05) is 36.3 Å². The highest BCUT2D eigenvalue weighted by Gasteiger charge is 2.26. The number of hydrogen-bond acceptors (Lipinski definition) is 3. The van der Waals surface area contributed by atoms with Crippen LogP contribution in [0, 0.1) is 0 Å². The van der Waals surface area contributed by atoms with Crippen molar-refractivity contribution in [3.63, 3.8) is 0 Å². The van der Waals surface area contributed by atoms with E-state index in [0.29, 0.717) is 17.7 Å². The molecule has 0 fully saturated rings. The average molecular weight is 360 g/mol. The number of nitrogens with zero attached hydrogens (tertiary/aromatic N) is 2. The van der Waals surface area contributed by atoms with Crippen molar-refractivity contribution < 1.29 is 14.3 Å². The van der Waals surface area contributed by atoms with E-state index in [4.69, 9.17) is 4.74 Å². The number of hydrogen-bond donors (Lipinski definition) is 0. The number of carbonyl (C=O) groups is 2. The van der Waals surface area contributed by atoms with Crippen LogP contribution in [-0.2, 0) is 24.8 Å². The van der Waals surface area contributed by atoms with Crippen molar-refractivity contribution in [3.05, 3.63) is 88.7 Å². The zero-order chi connectivity index (χ0) is 19.0. The predicted molar refractivity (Wildman–Crippen MR) is 103 cm³/mol. The van der Waals surface area contributed by atoms with Crippen LogP contribution in [0.3, 0.4) is 0 Å². The summed E-state index contributed by atoms with van der Waals surface area (Å²) >= 11 is 0. The highest BCUT2D eigenvalue weighted by Crippen LogP contribution is 2.32. The van der Waals surface area contributed by atoms with Crippen LogP contribution in [0.4, 0.5) is 5.69 Å². The van der Waals surface area contributed by atoms with Crippen LogP contribution in [0.1, 0.15) is 37.5 Å². The van der Waals surface area contributed by atoms with Gasteiger partial charge in [0.25, 0.3) is 5.91 Å². The van der Waals surface area contributed by atoms with Crippen molar-refractivity contribution in [1.29, 1.82) is 0 Å². The van der Waals surface area contributed by atoms with Crippen LogP contribution < -0.4 is 4.90 Å². The number of methoxy groups -OCH3 is 1. The van der Waals surface area contributed by atoms with Gasteiger partial charge >= 0.3 is 5.97 Å². The molecule has 0 aliphatic carbocycles. The standard InChI is InChI=1S/C22H20N2O3/c1-23-12-11-18-14-24(19-6-4-3-5-17(19)13-20(18)23)21(25)15-7-9-16(10-8-15)22(26)27-2/h3-12H,13-14H2,1-2H3. The van der Waals surface area contributed by atoms with E-state index in [1.165, 1.54) is 12.8 Å². The fourth-order valence-electron chi connectivity index (χ4n) is 3.56. The van der Waals surface area contributed by atoms with Gasteiger partial charge in [-0.25, -0.2) is 4.79 Å². The molecule has 3 aromatic rings. The maximum atomic E-state index is 13.3. The highest BCUT2D eigenvalue weighted by atomic mass is 16.5. The van der Waals surface area contributed by atoms with Gasteiger partial charge in [-0.2, -0.15) is 0 Å². The summed E-state index contributed by atoms with van der Waals surface area (Å²) in [4.78, 5) is 26.7. The van der Waals surface area contributed by atoms with Gasteiger partial charge in [0.1, 0.15) is 0 Å². The molecule has 0 atom stereocenters. The molecular weight excluding hydrogens is 340 g/mol. The molecule has 1 aromatic heterocycles. The number of carbonyl (C=O) groups excluding carboxylic acids is 2. The van der Waals surface area contributed by atoms with Gasteiger partial charge in [-0.05, 0) is 47.5 Å². The molecule has 1 amide bonds. The van der Waals surface area contributed by atoms with Gasteiger partial charge in [0.05, 0.1) is 19.2 Å². The molecule has 0 saturated carbocycles. The van der Waals surface area contributed by atoms with E-state index in [2.05, 4.69) is 16.7 Å². The van der Waals surface area contributed by atoms with Crippen LogP contribution in [0.15, 0.2) is 60.8 Å². The Morgan fingerprint density at radius 2 is 1.63 bits per heavy atom. The summed E-state index contributed by atoms with van der Waals surface area (Å²) in [6, 6.07) is 16.7. The second kappa shape index (κ2) is 6.76. The summed E-state index contributed by atoms with van der Waals surface area (Å²) in [5, 5.41) is 0. The zero-order valence-electron chi connectivity index (χ0n) is 15.3. The minimum absolute atomic E-state index is 0.0874. The Morgan fingerprint density at radius 3 is 2.37 bits per heavy atom. The Morgan fingerprint density at radius 1 is 0.926 bits per heavy atom. The smallest absolute Gasteiger partial charge is 0.337 e. The Balaban J connectivity index is 1.73. The highest BCUT2D eigenvalue weighted by molar-refractivity contribution is 6.07. The second-order valence-corrected chi connectivity index (χ2v) is 6.66. The fraction of sp³-hybridized carbons (Fsp3) is 0.182. The fourth-order valence-corrected chi connectivity index (χ4v) is 3.56. The molecule has 2 aromatic carbocycles. The molecule has 0 spiro atoms. The molecule has 27 heavy (non-hydrogen) atoms. The first-order chi connectivity index (χ1) is 13.1. The summed E-state index contributed by atoms with van der Waals surface area (Å²) in [5.41, 5.74) is 5.38. The summed E-state index contributed by atoms with van der Waals surface area (Å²) in [6.45, 7) is 0.519. The van der Waals surface area contributed by atoms with Crippen molar-refractivity contribution in [1.82, 2.24) is 4.57 Å². The Kier molecular flexibility index (Phi) is 4.28. The molecule has 0 bridgehead atoms. The van der Waals surface area contributed by atoms with Crippen LogP contribution >= 0.6 is 0 Å². The topological polar surface area (TPSA) is 51.5 Å². The molecule has 2 heterocycles. The maximum Gasteiger partial charge on any atom is 0.337 e. The van der Waals surface area contributed by atoms with E-state index < -0.39 is 5.97 Å². The molecule has 0 saturated heterocycles. The third-order valence-electron chi connectivity index (χ3n) is 5.06. The first-order valence-electron chi connectivity index (χ1n) is 8.79. The van der Waals surface area contributed by atoms with E-state index in [-0.39, 0.29) is 5.91 Å². The first-order valence-corrected chi connectivity index (χ1v) is 8.79. The molecule has 5 heteroatoms. The molecular formula is C22H20N2O3. The number of rotatable bonds is 2. The maximum absolute atomic E-state index is 13.3. The lowest BCUT2D eigenvalue weighted by Crippen LogP contribution is -2.30. The molecule has 0 N–H and O–H groups in total. The molecule has 0 unspecified atom stereocenters. The first kappa shape index (κ1) is 17.1. The summed E-state index contributed by atoms with van der Waals surface area (Å²) < 4.78 is 6.84. The normalized spacial score (nSPS) is 12.7. The minimum Gasteiger partial charge on any atom is -0.465 e. The lowest BCUT2D eigenvalue weighted by molar-refractivity contribution is 0.0600. The number of benzene rings is 2. The lowest BCUT2D eigenvalue weighted by atomic mass is 10.1. The van der Waals surface area contributed by atoms with E-state index in [1.54, 1.807) is 24.3 Å². The van der Waals surface area contributed by atoms with Crippen molar-refractivity contribution in [2.24, 2.45) is 7.05 Å². The van der Waals surface area contributed by atoms with E-state index >= 15 is 0 Å². The molecule has 1 aliphatic rings. The number of ether oxygens (including phenoxy) is 1. The van der Waals surface area contributed by atoms with Gasteiger partial charge in [0, 0.05) is 36.6 Å². The lowest BCUT2D eigenvalue weighted by Gasteiger charge is -2.23. The summed E-state index contributed by atoms with van der Waals surface area (Å²) in [5.74, 6) is -0.501. The second-order valence-electron chi connectivity index (χ2n) is 6.66. The number of esters is 1. The molecule has 1 aliphatic heterocycles. The van der Waals surface area contributed by atoms with Gasteiger partial charge < -0.3 is 14.2 Å². The van der Waals surface area contributed by atoms with Gasteiger partial charge in [-0.1, -0.05) is 18.2 Å². The number of fused-ring (bicyclic) bond motifs is 2. The van der Waals surface area contributed by atoms with Crippen molar-refractivity contribution in [3.8, 4) is 0 Å². The number of anilines is 1. The van der Waals surface area contributed by atoms with Gasteiger partial charge in [0.15, 0.2) is 0 Å². The molecule has 0 radical (unpaired) electrons. The van der Waals surface area contributed by atoms with Crippen molar-refractivity contribution in [2.75, 3.05) is 12.0 Å². The van der Waals surface area contributed by atoms with Gasteiger partial charge in [0.2, 0.25) is 0 Å². The Bertz CT molecular complexity index is 1020. The monoisotopic (exact) mass is 360 g/mol. The SMILES string of the molecule is COC(=O)c1ccc(C(=O)N2Cc3ccn(C)c3Cc3ccccc32)cc1. The Labute approximate surface area is 157 Å². The number of para-hydroxylation sites is 1. The number of aromatic nitrogens is 1. The van der Waals surface area contributed by atoms with Crippen LogP contribution in [0.5, 0.6) is 0 Å². The van der Waals surface area contributed by atoms with Crippen LogP contribution in [0.2, 0.25) is 0 Å². The summed E-state index contributed by atoms with van der Waals surface area (Å²) in [7, 11) is 3.37. The number of aryl methyl sites for hydroxylation is 1. The Hall–Kier alpha value is -3.34. The van der Waals surface area contributed by atoms with Crippen LogP contribution in [-0.4, -0.2) is 23.6 Å². The average Bonchev–Trinajstić information content (AvgIpc) is 2.95. The third kappa shape index (κ3) is 3.01. The molecule has 136 valence electrons. The minimum atomic E-state index is -0.414. The van der Waals surface area contributed by atoms with Crippen molar-refractivity contribution in [2.45, 2.75) is 13.0 Å². The molecule has 5 nitrogen and oxygen atoms in total. The van der Waals surface area contributed by atoms with Crippen LogP contribution in [0.25, 0.3) is 0 Å². The largest absolute Gasteiger partial charge is 0.465 e. The van der Waals surface area contributed by atoms with Gasteiger partial charge in [-0.15, -0.1) is 0 Å². The van der Waals surface area contributed by atoms with E-state index in [9.17, 15) is 9.59 Å².